The molecular formula is C26H33F2N3O. The number of hydrazine groups is 1. The predicted octanol–water partition coefficient (Wildman–Crippen LogP) is 6.30. The fourth-order valence-electron chi connectivity index (χ4n) is 5.46. The van der Waals surface area contributed by atoms with Gasteiger partial charge in [-0.15, -0.1) is 0 Å². The Hall–Kier alpha value is -2.47. The van der Waals surface area contributed by atoms with Crippen LogP contribution < -0.4 is 10.7 Å². The SMILES string of the molecule is CC(C)C[C@@H]1CC(C)(C)c2cccc(NC(=O)C3CCc4ccccc4NN3C(F)F)c21. The Morgan fingerprint density at radius 2 is 1.94 bits per heavy atom. The number of rotatable bonds is 5. The molecule has 6 heteroatoms. The zero-order valence-electron chi connectivity index (χ0n) is 19.3. The first-order chi connectivity index (χ1) is 15.2. The number of benzene rings is 2. The molecule has 1 aliphatic carbocycles. The van der Waals surface area contributed by atoms with Crippen LogP contribution in [0.15, 0.2) is 42.5 Å². The van der Waals surface area contributed by atoms with Crippen molar-refractivity contribution in [1.29, 1.82) is 0 Å². The van der Waals surface area contributed by atoms with Crippen LogP contribution in [0.4, 0.5) is 20.2 Å². The van der Waals surface area contributed by atoms with Crippen molar-refractivity contribution < 1.29 is 13.6 Å². The van der Waals surface area contributed by atoms with Crippen molar-refractivity contribution in [1.82, 2.24) is 5.01 Å². The van der Waals surface area contributed by atoms with E-state index in [2.05, 4.69) is 44.5 Å². The van der Waals surface area contributed by atoms with E-state index in [1.54, 1.807) is 12.1 Å². The highest BCUT2D eigenvalue weighted by Gasteiger charge is 2.40. The number of fused-ring (bicyclic) bond motifs is 2. The molecule has 0 saturated heterocycles. The maximum Gasteiger partial charge on any atom is 0.311 e. The van der Waals surface area contributed by atoms with Gasteiger partial charge in [-0.05, 0) is 71.8 Å². The number of aryl methyl sites for hydroxylation is 1. The molecule has 4 nitrogen and oxygen atoms in total. The molecular weight excluding hydrogens is 408 g/mol. The van der Waals surface area contributed by atoms with Crippen molar-refractivity contribution in [2.75, 3.05) is 10.7 Å². The van der Waals surface area contributed by atoms with Gasteiger partial charge in [0, 0.05) is 5.69 Å². The number of anilines is 2. The van der Waals surface area contributed by atoms with Gasteiger partial charge in [-0.25, -0.2) is 0 Å². The zero-order valence-corrected chi connectivity index (χ0v) is 19.3. The van der Waals surface area contributed by atoms with Crippen LogP contribution in [0.5, 0.6) is 0 Å². The van der Waals surface area contributed by atoms with E-state index < -0.39 is 18.5 Å². The molecule has 32 heavy (non-hydrogen) atoms. The quantitative estimate of drug-likeness (QED) is 0.535. The summed E-state index contributed by atoms with van der Waals surface area (Å²) in [6.45, 7) is 6.10. The highest BCUT2D eigenvalue weighted by atomic mass is 19.3. The molecule has 0 aromatic heterocycles. The summed E-state index contributed by atoms with van der Waals surface area (Å²) < 4.78 is 27.9. The normalized spacial score (nSPS) is 22.2. The van der Waals surface area contributed by atoms with Crippen LogP contribution >= 0.6 is 0 Å². The minimum absolute atomic E-state index is 0.0240. The number of halogens is 2. The fraction of sp³-hybridized carbons (Fsp3) is 0.500. The standard InChI is InChI=1S/C26H33F2N3O/c1-16(2)14-18-15-26(3,4)19-9-7-11-21(23(18)19)29-24(32)22-13-12-17-8-5-6-10-20(17)30-31(22)25(27)28/h5-11,16,18,22,25,30H,12-15H2,1-4H3,(H,29,32)/t18-,22?/m1/s1. The molecule has 1 unspecified atom stereocenters. The second-order valence-electron chi connectivity index (χ2n) is 10.2. The Kier molecular flexibility index (Phi) is 6.26. The maximum atomic E-state index is 14.0. The molecule has 0 bridgehead atoms. The Morgan fingerprint density at radius 1 is 1.19 bits per heavy atom. The number of alkyl halides is 2. The number of hydrogen-bond acceptors (Lipinski definition) is 3. The number of carbonyl (C=O) groups is 1. The van der Waals surface area contributed by atoms with Gasteiger partial charge >= 0.3 is 6.55 Å². The number of amides is 1. The molecule has 2 aromatic rings. The Morgan fingerprint density at radius 3 is 2.66 bits per heavy atom. The Bertz CT molecular complexity index is 989. The molecule has 2 atom stereocenters. The van der Waals surface area contributed by atoms with Gasteiger partial charge in [0.1, 0.15) is 6.04 Å². The first kappa shape index (κ1) is 22.7. The third-order valence-corrected chi connectivity index (χ3v) is 6.82. The molecule has 1 heterocycles. The number of carbonyl (C=O) groups excluding carboxylic acids is 1. The van der Waals surface area contributed by atoms with E-state index >= 15 is 0 Å². The van der Waals surface area contributed by atoms with Crippen molar-refractivity contribution in [3.63, 3.8) is 0 Å². The van der Waals surface area contributed by atoms with Gasteiger partial charge in [-0.1, -0.05) is 58.0 Å². The second kappa shape index (κ2) is 8.81. The van der Waals surface area contributed by atoms with Gasteiger partial charge in [-0.2, -0.15) is 13.8 Å². The lowest BCUT2D eigenvalue weighted by Crippen LogP contribution is -2.49. The summed E-state index contributed by atoms with van der Waals surface area (Å²) in [6, 6.07) is 12.4. The highest BCUT2D eigenvalue weighted by molar-refractivity contribution is 5.96. The smallest absolute Gasteiger partial charge is 0.311 e. The number of nitrogens with one attached hydrogen (secondary N) is 2. The molecule has 0 fully saturated rings. The molecule has 0 saturated carbocycles. The first-order valence-electron chi connectivity index (χ1n) is 11.5. The van der Waals surface area contributed by atoms with Gasteiger partial charge in [0.05, 0.1) is 5.69 Å². The van der Waals surface area contributed by atoms with Crippen LogP contribution in [0.3, 0.4) is 0 Å². The van der Waals surface area contributed by atoms with Crippen LogP contribution in [0.25, 0.3) is 0 Å². The van der Waals surface area contributed by atoms with E-state index in [-0.39, 0.29) is 5.41 Å². The summed E-state index contributed by atoms with van der Waals surface area (Å²) in [5.41, 5.74) is 7.57. The predicted molar refractivity (Wildman–Crippen MR) is 125 cm³/mol. The third kappa shape index (κ3) is 4.38. The van der Waals surface area contributed by atoms with Crippen molar-refractivity contribution in [3.05, 3.63) is 59.2 Å². The largest absolute Gasteiger partial charge is 0.324 e. The van der Waals surface area contributed by atoms with Crippen LogP contribution in [0, 0.1) is 5.92 Å². The number of para-hydroxylation sites is 1. The van der Waals surface area contributed by atoms with Crippen LogP contribution in [-0.4, -0.2) is 23.5 Å². The highest BCUT2D eigenvalue weighted by Crippen LogP contribution is 2.51. The first-order valence-corrected chi connectivity index (χ1v) is 11.5. The van der Waals surface area contributed by atoms with E-state index in [1.807, 2.05) is 24.3 Å². The Balaban J connectivity index is 1.62. The van der Waals surface area contributed by atoms with Gasteiger partial charge in [0.25, 0.3) is 0 Å². The number of hydrogen-bond donors (Lipinski definition) is 2. The summed E-state index contributed by atoms with van der Waals surface area (Å²) in [6.07, 6.45) is 2.93. The lowest BCUT2D eigenvalue weighted by Gasteiger charge is -2.29. The summed E-state index contributed by atoms with van der Waals surface area (Å²) in [7, 11) is 0. The van der Waals surface area contributed by atoms with Crippen molar-refractivity contribution in [2.45, 2.75) is 77.3 Å². The summed E-state index contributed by atoms with van der Waals surface area (Å²) in [5.74, 6) is 0.482. The number of nitrogens with zero attached hydrogens (tertiary/aromatic N) is 1. The lowest BCUT2D eigenvalue weighted by molar-refractivity contribution is -0.127. The topological polar surface area (TPSA) is 44.4 Å². The summed E-state index contributed by atoms with van der Waals surface area (Å²) in [5, 5.41) is 3.83. The molecule has 0 radical (unpaired) electrons. The minimum atomic E-state index is -2.80. The van der Waals surface area contributed by atoms with E-state index in [0.29, 0.717) is 30.4 Å². The van der Waals surface area contributed by atoms with Gasteiger partial charge in [0.2, 0.25) is 5.91 Å². The zero-order chi connectivity index (χ0) is 23.0. The minimum Gasteiger partial charge on any atom is -0.324 e. The summed E-state index contributed by atoms with van der Waals surface area (Å²) in [4.78, 5) is 13.4. The van der Waals surface area contributed by atoms with Crippen LogP contribution in [-0.2, 0) is 16.6 Å². The van der Waals surface area contributed by atoms with E-state index in [1.165, 1.54) is 11.1 Å². The van der Waals surface area contributed by atoms with E-state index in [0.717, 1.165) is 29.1 Å². The fourth-order valence-corrected chi connectivity index (χ4v) is 5.46. The molecule has 2 aromatic carbocycles. The van der Waals surface area contributed by atoms with Crippen LogP contribution in [0.2, 0.25) is 0 Å². The van der Waals surface area contributed by atoms with Crippen molar-refractivity contribution in [3.8, 4) is 0 Å². The van der Waals surface area contributed by atoms with Gasteiger partial charge in [0.15, 0.2) is 0 Å². The molecule has 2 N–H and O–H groups in total. The molecule has 172 valence electrons. The summed E-state index contributed by atoms with van der Waals surface area (Å²) >= 11 is 0. The monoisotopic (exact) mass is 441 g/mol. The Labute approximate surface area is 189 Å². The molecule has 2 aliphatic rings. The molecule has 4 rings (SSSR count). The van der Waals surface area contributed by atoms with Gasteiger partial charge in [-0.3, -0.25) is 4.79 Å². The van der Waals surface area contributed by atoms with E-state index in [9.17, 15) is 13.6 Å². The molecule has 1 amide bonds. The molecule has 0 spiro atoms. The van der Waals surface area contributed by atoms with Gasteiger partial charge < -0.3 is 10.7 Å². The lowest BCUT2D eigenvalue weighted by atomic mass is 9.85. The van der Waals surface area contributed by atoms with Crippen molar-refractivity contribution in [2.24, 2.45) is 5.92 Å². The average molecular weight is 442 g/mol. The molecule has 1 aliphatic heterocycles. The van der Waals surface area contributed by atoms with E-state index in [4.69, 9.17) is 0 Å². The van der Waals surface area contributed by atoms with Crippen molar-refractivity contribution >= 4 is 17.3 Å². The average Bonchev–Trinajstić information content (AvgIpc) is 2.87. The third-order valence-electron chi connectivity index (χ3n) is 6.82. The second-order valence-corrected chi connectivity index (χ2v) is 10.2. The maximum absolute atomic E-state index is 14.0. The van der Waals surface area contributed by atoms with Crippen LogP contribution in [0.1, 0.15) is 69.6 Å².